The maximum atomic E-state index is 5.46. The molecule has 1 aromatic carbocycles. The zero-order chi connectivity index (χ0) is 13.5. The van der Waals surface area contributed by atoms with Crippen molar-refractivity contribution in [2.75, 3.05) is 13.7 Å². The van der Waals surface area contributed by atoms with E-state index in [9.17, 15) is 0 Å². The van der Waals surface area contributed by atoms with Crippen LogP contribution in [0.4, 0.5) is 0 Å². The van der Waals surface area contributed by atoms with Crippen molar-refractivity contribution in [1.29, 1.82) is 0 Å². The third-order valence-corrected chi connectivity index (χ3v) is 3.08. The SMILES string of the molecule is CCCNC(Cn1cccn1)c1ccccc1OC. The van der Waals surface area contributed by atoms with Crippen molar-refractivity contribution in [2.45, 2.75) is 25.9 Å². The van der Waals surface area contributed by atoms with Gasteiger partial charge in [0.2, 0.25) is 0 Å². The molecule has 4 heteroatoms. The molecule has 0 fully saturated rings. The van der Waals surface area contributed by atoms with Gasteiger partial charge >= 0.3 is 0 Å². The minimum absolute atomic E-state index is 0.205. The fraction of sp³-hybridized carbons (Fsp3) is 0.400. The molecule has 19 heavy (non-hydrogen) atoms. The standard InChI is InChI=1S/C15H21N3O/c1-3-9-16-14(12-18-11-6-10-17-18)13-7-4-5-8-15(13)19-2/h4-8,10-11,14,16H,3,9,12H2,1-2H3. The first-order chi connectivity index (χ1) is 9.35. The molecule has 0 aliphatic carbocycles. The molecule has 2 aromatic rings. The van der Waals surface area contributed by atoms with Gasteiger partial charge in [-0.2, -0.15) is 5.10 Å². The van der Waals surface area contributed by atoms with Crippen molar-refractivity contribution in [2.24, 2.45) is 0 Å². The lowest BCUT2D eigenvalue weighted by atomic mass is 10.1. The van der Waals surface area contributed by atoms with E-state index in [1.807, 2.05) is 35.1 Å². The summed E-state index contributed by atoms with van der Waals surface area (Å²) in [5, 5.41) is 7.84. The van der Waals surface area contributed by atoms with E-state index in [-0.39, 0.29) is 6.04 Å². The lowest BCUT2D eigenvalue weighted by Crippen LogP contribution is -2.27. The van der Waals surface area contributed by atoms with E-state index in [4.69, 9.17) is 4.74 Å². The predicted molar refractivity (Wildman–Crippen MR) is 76.3 cm³/mol. The average molecular weight is 259 g/mol. The summed E-state index contributed by atoms with van der Waals surface area (Å²) in [4.78, 5) is 0. The Labute approximate surface area is 114 Å². The van der Waals surface area contributed by atoms with Gasteiger partial charge in [-0.25, -0.2) is 0 Å². The number of nitrogens with one attached hydrogen (secondary N) is 1. The summed E-state index contributed by atoms with van der Waals surface area (Å²) in [7, 11) is 1.71. The van der Waals surface area contributed by atoms with Gasteiger partial charge in [-0.1, -0.05) is 25.1 Å². The fourth-order valence-electron chi connectivity index (χ4n) is 2.14. The smallest absolute Gasteiger partial charge is 0.123 e. The Bertz CT molecular complexity index is 482. The van der Waals surface area contributed by atoms with Gasteiger partial charge in [-0.05, 0) is 25.1 Å². The normalized spacial score (nSPS) is 12.3. The molecule has 2 rings (SSSR count). The van der Waals surface area contributed by atoms with Gasteiger partial charge in [0, 0.05) is 18.0 Å². The third-order valence-electron chi connectivity index (χ3n) is 3.08. The number of ether oxygens (including phenoxy) is 1. The van der Waals surface area contributed by atoms with E-state index in [0.29, 0.717) is 0 Å². The Kier molecular flexibility index (Phi) is 4.98. The van der Waals surface area contributed by atoms with E-state index in [1.54, 1.807) is 13.3 Å². The lowest BCUT2D eigenvalue weighted by Gasteiger charge is -2.21. The molecule has 0 saturated carbocycles. The van der Waals surface area contributed by atoms with Crippen LogP contribution < -0.4 is 10.1 Å². The van der Waals surface area contributed by atoms with E-state index < -0.39 is 0 Å². The topological polar surface area (TPSA) is 39.1 Å². The van der Waals surface area contributed by atoms with Crippen LogP contribution in [-0.4, -0.2) is 23.4 Å². The van der Waals surface area contributed by atoms with Crippen molar-refractivity contribution in [1.82, 2.24) is 15.1 Å². The molecule has 0 amide bonds. The van der Waals surface area contributed by atoms with Crippen molar-refractivity contribution in [3.8, 4) is 5.75 Å². The van der Waals surface area contributed by atoms with Crippen LogP contribution in [0.1, 0.15) is 24.9 Å². The number of para-hydroxylation sites is 1. The van der Waals surface area contributed by atoms with Crippen molar-refractivity contribution in [3.63, 3.8) is 0 Å². The van der Waals surface area contributed by atoms with Gasteiger partial charge < -0.3 is 10.1 Å². The Morgan fingerprint density at radius 3 is 2.84 bits per heavy atom. The van der Waals surface area contributed by atoms with Gasteiger partial charge in [0.15, 0.2) is 0 Å². The van der Waals surface area contributed by atoms with Crippen LogP contribution in [0.5, 0.6) is 5.75 Å². The van der Waals surface area contributed by atoms with Gasteiger partial charge in [0.25, 0.3) is 0 Å². The maximum absolute atomic E-state index is 5.46. The molecule has 0 bridgehead atoms. The maximum Gasteiger partial charge on any atom is 0.123 e. The predicted octanol–water partition coefficient (Wildman–Crippen LogP) is 2.63. The molecule has 0 radical (unpaired) electrons. The molecule has 0 saturated heterocycles. The Morgan fingerprint density at radius 2 is 2.16 bits per heavy atom. The van der Waals surface area contributed by atoms with Crippen LogP contribution in [0.2, 0.25) is 0 Å². The van der Waals surface area contributed by atoms with Gasteiger partial charge in [-0.3, -0.25) is 4.68 Å². The monoisotopic (exact) mass is 259 g/mol. The second-order valence-electron chi connectivity index (χ2n) is 4.48. The second kappa shape index (κ2) is 6.95. The number of hydrogen-bond acceptors (Lipinski definition) is 3. The number of aromatic nitrogens is 2. The molecule has 4 nitrogen and oxygen atoms in total. The van der Waals surface area contributed by atoms with Crippen LogP contribution >= 0.6 is 0 Å². The highest BCUT2D eigenvalue weighted by Gasteiger charge is 2.15. The summed E-state index contributed by atoms with van der Waals surface area (Å²) in [6.07, 6.45) is 4.89. The lowest BCUT2D eigenvalue weighted by molar-refractivity contribution is 0.383. The largest absolute Gasteiger partial charge is 0.496 e. The Morgan fingerprint density at radius 1 is 1.32 bits per heavy atom. The summed E-state index contributed by atoms with van der Waals surface area (Å²) in [5.74, 6) is 0.920. The highest BCUT2D eigenvalue weighted by atomic mass is 16.5. The van der Waals surface area contributed by atoms with E-state index >= 15 is 0 Å². The third kappa shape index (κ3) is 3.58. The highest BCUT2D eigenvalue weighted by Crippen LogP contribution is 2.25. The summed E-state index contributed by atoms with van der Waals surface area (Å²) in [6, 6.07) is 10.3. The first-order valence-electron chi connectivity index (χ1n) is 6.69. The zero-order valence-electron chi connectivity index (χ0n) is 11.5. The minimum atomic E-state index is 0.205. The molecule has 0 aliphatic rings. The molecular weight excluding hydrogens is 238 g/mol. The summed E-state index contributed by atoms with van der Waals surface area (Å²) in [5.41, 5.74) is 1.17. The number of methoxy groups -OCH3 is 1. The molecule has 102 valence electrons. The quantitative estimate of drug-likeness (QED) is 0.831. The molecule has 0 spiro atoms. The van der Waals surface area contributed by atoms with Crippen LogP contribution in [0, 0.1) is 0 Å². The number of hydrogen-bond donors (Lipinski definition) is 1. The van der Waals surface area contributed by atoms with E-state index in [0.717, 1.165) is 25.3 Å². The van der Waals surface area contributed by atoms with Crippen LogP contribution in [0.25, 0.3) is 0 Å². The van der Waals surface area contributed by atoms with Crippen molar-refractivity contribution < 1.29 is 4.74 Å². The summed E-state index contributed by atoms with van der Waals surface area (Å²) < 4.78 is 7.40. The van der Waals surface area contributed by atoms with Crippen LogP contribution in [-0.2, 0) is 6.54 Å². The van der Waals surface area contributed by atoms with Gasteiger partial charge in [0.05, 0.1) is 19.7 Å². The number of rotatable bonds is 7. The highest BCUT2D eigenvalue weighted by molar-refractivity contribution is 5.35. The first kappa shape index (κ1) is 13.6. The molecule has 1 unspecified atom stereocenters. The van der Waals surface area contributed by atoms with Crippen molar-refractivity contribution in [3.05, 3.63) is 48.3 Å². The number of benzene rings is 1. The molecule has 1 heterocycles. The zero-order valence-corrected chi connectivity index (χ0v) is 11.5. The second-order valence-corrected chi connectivity index (χ2v) is 4.48. The van der Waals surface area contributed by atoms with E-state index in [2.05, 4.69) is 23.4 Å². The molecule has 1 aromatic heterocycles. The van der Waals surface area contributed by atoms with Crippen LogP contribution in [0.3, 0.4) is 0 Å². The fourth-order valence-corrected chi connectivity index (χ4v) is 2.14. The summed E-state index contributed by atoms with van der Waals surface area (Å²) in [6.45, 7) is 3.94. The van der Waals surface area contributed by atoms with Gasteiger partial charge in [-0.15, -0.1) is 0 Å². The summed E-state index contributed by atoms with van der Waals surface area (Å²) >= 11 is 0. The minimum Gasteiger partial charge on any atom is -0.496 e. The van der Waals surface area contributed by atoms with E-state index in [1.165, 1.54) is 5.56 Å². The molecular formula is C15H21N3O. The molecule has 1 N–H and O–H groups in total. The number of nitrogens with zero attached hydrogens (tertiary/aromatic N) is 2. The average Bonchev–Trinajstić information content (AvgIpc) is 2.96. The van der Waals surface area contributed by atoms with Crippen LogP contribution in [0.15, 0.2) is 42.7 Å². The first-order valence-corrected chi connectivity index (χ1v) is 6.69. The van der Waals surface area contributed by atoms with Crippen molar-refractivity contribution >= 4 is 0 Å². The Hall–Kier alpha value is -1.81. The Balaban J connectivity index is 2.20. The molecule has 0 aliphatic heterocycles. The van der Waals surface area contributed by atoms with Gasteiger partial charge in [0.1, 0.15) is 5.75 Å². The molecule has 1 atom stereocenters.